The molecule has 0 fully saturated rings. The first-order valence-electron chi connectivity index (χ1n) is 6.31. The average Bonchev–Trinajstić information content (AvgIpc) is 2.64. The Kier molecular flexibility index (Phi) is 3.16. The summed E-state index contributed by atoms with van der Waals surface area (Å²) in [6.45, 7) is 0.366. The molecule has 1 atom stereocenters. The maximum atomic E-state index is 11.5. The highest BCUT2D eigenvalue weighted by molar-refractivity contribution is 5.90. The first-order chi connectivity index (χ1) is 9.70. The first-order valence-corrected chi connectivity index (χ1v) is 6.31. The summed E-state index contributed by atoms with van der Waals surface area (Å²) in [6, 6.07) is 12.5. The number of benzene rings is 2. The van der Waals surface area contributed by atoms with E-state index in [4.69, 9.17) is 9.47 Å². The van der Waals surface area contributed by atoms with Crippen molar-refractivity contribution < 1.29 is 19.4 Å². The minimum atomic E-state index is -0.754. The number of esters is 1. The molecule has 4 nitrogen and oxygen atoms in total. The lowest BCUT2D eigenvalue weighted by Crippen LogP contribution is -2.04. The van der Waals surface area contributed by atoms with Gasteiger partial charge >= 0.3 is 5.97 Å². The number of rotatable bonds is 1. The Bertz CT molecular complexity index is 663. The number of hydrogen-bond acceptors (Lipinski definition) is 4. The van der Waals surface area contributed by atoms with E-state index < -0.39 is 12.1 Å². The minimum absolute atomic E-state index is 0.366. The van der Waals surface area contributed by atoms with Crippen molar-refractivity contribution in [2.24, 2.45) is 0 Å². The third-order valence-corrected chi connectivity index (χ3v) is 3.46. The second-order valence-corrected chi connectivity index (χ2v) is 4.63. The van der Waals surface area contributed by atoms with E-state index in [0.29, 0.717) is 23.5 Å². The summed E-state index contributed by atoms with van der Waals surface area (Å²) in [5.41, 5.74) is 2.83. The second kappa shape index (κ2) is 4.98. The van der Waals surface area contributed by atoms with E-state index in [0.717, 1.165) is 11.1 Å². The van der Waals surface area contributed by atoms with Gasteiger partial charge in [-0.3, -0.25) is 0 Å². The van der Waals surface area contributed by atoms with Crippen molar-refractivity contribution in [1.29, 1.82) is 0 Å². The van der Waals surface area contributed by atoms with Gasteiger partial charge in [-0.05, 0) is 23.3 Å². The molecule has 0 radical (unpaired) electrons. The molecule has 1 N–H and O–H groups in total. The van der Waals surface area contributed by atoms with E-state index in [1.807, 2.05) is 24.3 Å². The Labute approximate surface area is 116 Å². The molecule has 0 spiro atoms. The topological polar surface area (TPSA) is 55.8 Å². The number of carbonyl (C=O) groups is 1. The summed E-state index contributed by atoms with van der Waals surface area (Å²) >= 11 is 0. The van der Waals surface area contributed by atoms with Crippen LogP contribution in [0.2, 0.25) is 0 Å². The van der Waals surface area contributed by atoms with Crippen molar-refractivity contribution in [2.75, 3.05) is 7.11 Å². The SMILES string of the molecule is COC(=O)c1ccc2c(c1)OCc1ccccc1[C@@H]2O. The molecule has 2 aromatic rings. The fourth-order valence-corrected chi connectivity index (χ4v) is 2.39. The van der Waals surface area contributed by atoms with Crippen LogP contribution in [0.3, 0.4) is 0 Å². The van der Waals surface area contributed by atoms with Crippen LogP contribution in [0.4, 0.5) is 0 Å². The minimum Gasteiger partial charge on any atom is -0.488 e. The van der Waals surface area contributed by atoms with Crippen LogP contribution in [0.5, 0.6) is 5.75 Å². The van der Waals surface area contributed by atoms with Crippen LogP contribution in [-0.2, 0) is 11.3 Å². The quantitative estimate of drug-likeness (QED) is 0.809. The highest BCUT2D eigenvalue weighted by Crippen LogP contribution is 2.36. The van der Waals surface area contributed by atoms with Gasteiger partial charge in [0.1, 0.15) is 18.5 Å². The number of aliphatic hydroxyl groups is 1. The van der Waals surface area contributed by atoms with Gasteiger partial charge in [0.05, 0.1) is 12.7 Å². The molecule has 3 rings (SSSR count). The fraction of sp³-hybridized carbons (Fsp3) is 0.188. The molecule has 2 aromatic carbocycles. The Morgan fingerprint density at radius 1 is 1.25 bits per heavy atom. The van der Waals surface area contributed by atoms with Crippen molar-refractivity contribution in [3.8, 4) is 5.75 Å². The molecule has 1 heterocycles. The summed E-state index contributed by atoms with van der Waals surface area (Å²) in [4.78, 5) is 11.5. The van der Waals surface area contributed by atoms with Crippen molar-refractivity contribution in [3.63, 3.8) is 0 Å². The largest absolute Gasteiger partial charge is 0.488 e. The van der Waals surface area contributed by atoms with Crippen LogP contribution < -0.4 is 4.74 Å². The number of methoxy groups -OCH3 is 1. The van der Waals surface area contributed by atoms with Gasteiger partial charge in [-0.2, -0.15) is 0 Å². The molecule has 0 aliphatic carbocycles. The lowest BCUT2D eigenvalue weighted by molar-refractivity contribution is 0.0600. The first kappa shape index (κ1) is 12.7. The number of aliphatic hydroxyl groups excluding tert-OH is 1. The molecule has 0 bridgehead atoms. The highest BCUT2D eigenvalue weighted by Gasteiger charge is 2.23. The average molecular weight is 270 g/mol. The van der Waals surface area contributed by atoms with E-state index in [-0.39, 0.29) is 0 Å². The predicted octanol–water partition coefficient (Wildman–Crippen LogP) is 2.45. The molecule has 20 heavy (non-hydrogen) atoms. The maximum Gasteiger partial charge on any atom is 0.337 e. The molecule has 0 aromatic heterocycles. The van der Waals surface area contributed by atoms with Gasteiger partial charge in [0.15, 0.2) is 0 Å². The summed E-state index contributed by atoms with van der Waals surface area (Å²) in [7, 11) is 1.33. The Morgan fingerprint density at radius 2 is 2.05 bits per heavy atom. The van der Waals surface area contributed by atoms with Crippen molar-refractivity contribution >= 4 is 5.97 Å². The predicted molar refractivity (Wildman–Crippen MR) is 72.6 cm³/mol. The number of carbonyl (C=O) groups excluding carboxylic acids is 1. The zero-order valence-electron chi connectivity index (χ0n) is 11.0. The number of fused-ring (bicyclic) bond motifs is 2. The fourth-order valence-electron chi connectivity index (χ4n) is 2.39. The molecule has 102 valence electrons. The molecule has 0 unspecified atom stereocenters. The van der Waals surface area contributed by atoms with E-state index in [9.17, 15) is 9.90 Å². The van der Waals surface area contributed by atoms with Crippen LogP contribution in [0.15, 0.2) is 42.5 Å². The summed E-state index contributed by atoms with van der Waals surface area (Å²) in [6.07, 6.45) is -0.754. The molecule has 0 saturated heterocycles. The Balaban J connectivity index is 2.07. The van der Waals surface area contributed by atoms with E-state index in [1.165, 1.54) is 7.11 Å². The zero-order valence-corrected chi connectivity index (χ0v) is 11.0. The standard InChI is InChI=1S/C16H14O4/c1-19-16(18)10-6-7-13-14(8-10)20-9-11-4-2-3-5-12(11)15(13)17/h2-8,15,17H,9H2,1H3/t15-/m0/s1. The van der Waals surface area contributed by atoms with Crippen LogP contribution in [-0.4, -0.2) is 18.2 Å². The van der Waals surface area contributed by atoms with E-state index in [2.05, 4.69) is 0 Å². The molecular formula is C16H14O4. The Hall–Kier alpha value is -2.33. The smallest absolute Gasteiger partial charge is 0.337 e. The van der Waals surface area contributed by atoms with Crippen LogP contribution >= 0.6 is 0 Å². The van der Waals surface area contributed by atoms with Crippen LogP contribution in [0.25, 0.3) is 0 Å². The zero-order chi connectivity index (χ0) is 14.1. The summed E-state index contributed by atoms with van der Waals surface area (Å²) < 4.78 is 10.4. The van der Waals surface area contributed by atoms with Gasteiger partial charge in [0.2, 0.25) is 0 Å². The molecule has 0 saturated carbocycles. The van der Waals surface area contributed by atoms with Crippen molar-refractivity contribution in [1.82, 2.24) is 0 Å². The van der Waals surface area contributed by atoms with E-state index >= 15 is 0 Å². The van der Waals surface area contributed by atoms with Gasteiger partial charge < -0.3 is 14.6 Å². The second-order valence-electron chi connectivity index (χ2n) is 4.63. The lowest BCUT2D eigenvalue weighted by atomic mass is 9.97. The van der Waals surface area contributed by atoms with Gasteiger partial charge in [-0.15, -0.1) is 0 Å². The lowest BCUT2D eigenvalue weighted by Gasteiger charge is -2.13. The third kappa shape index (κ3) is 2.04. The van der Waals surface area contributed by atoms with Crippen LogP contribution in [0, 0.1) is 0 Å². The number of ether oxygens (including phenoxy) is 2. The summed E-state index contributed by atoms with van der Waals surface area (Å²) in [5, 5.41) is 10.5. The van der Waals surface area contributed by atoms with Gasteiger partial charge in [-0.1, -0.05) is 30.3 Å². The Morgan fingerprint density at radius 3 is 2.85 bits per heavy atom. The molecule has 0 amide bonds. The highest BCUT2D eigenvalue weighted by atomic mass is 16.5. The van der Waals surface area contributed by atoms with Crippen molar-refractivity contribution in [3.05, 3.63) is 64.7 Å². The molecular weight excluding hydrogens is 256 g/mol. The molecule has 1 aliphatic rings. The van der Waals surface area contributed by atoms with Gasteiger partial charge in [-0.25, -0.2) is 4.79 Å². The molecule has 1 aliphatic heterocycles. The maximum absolute atomic E-state index is 11.5. The third-order valence-electron chi connectivity index (χ3n) is 3.46. The van der Waals surface area contributed by atoms with E-state index in [1.54, 1.807) is 18.2 Å². The normalized spacial score (nSPS) is 16.4. The monoisotopic (exact) mass is 270 g/mol. The van der Waals surface area contributed by atoms with Gasteiger partial charge in [0.25, 0.3) is 0 Å². The van der Waals surface area contributed by atoms with Crippen molar-refractivity contribution in [2.45, 2.75) is 12.7 Å². The number of hydrogen-bond donors (Lipinski definition) is 1. The summed E-state index contributed by atoms with van der Waals surface area (Å²) in [5.74, 6) is 0.0873. The van der Waals surface area contributed by atoms with Gasteiger partial charge in [0, 0.05) is 5.56 Å². The molecule has 4 heteroatoms. The van der Waals surface area contributed by atoms with Crippen LogP contribution in [0.1, 0.15) is 33.2 Å².